The standard InChI is InChI=1S/C23H25N3O5S/c1-29-19-8-6-16(14-20(19)30-2)7-9-21(27)25-23(32)24-18-5-3-4-17(15-18)22(28)26-10-12-31-13-11-26/h3-9,14-15H,10-13H2,1-2H3,(H2,24,25,27,32)/b9-7+. The van der Waals surface area contributed by atoms with E-state index in [2.05, 4.69) is 10.6 Å². The molecular formula is C23H25N3O5S. The number of anilines is 1. The molecule has 0 aliphatic carbocycles. The fraction of sp³-hybridized carbons (Fsp3) is 0.261. The molecule has 0 aromatic heterocycles. The fourth-order valence-corrected chi connectivity index (χ4v) is 3.34. The minimum absolute atomic E-state index is 0.0650. The highest BCUT2D eigenvalue weighted by Gasteiger charge is 2.18. The van der Waals surface area contributed by atoms with Crippen LogP contribution in [0.2, 0.25) is 0 Å². The Morgan fingerprint density at radius 2 is 1.81 bits per heavy atom. The number of hydrogen-bond donors (Lipinski definition) is 2. The normalized spacial score (nSPS) is 13.5. The summed E-state index contributed by atoms with van der Waals surface area (Å²) >= 11 is 5.22. The van der Waals surface area contributed by atoms with Gasteiger partial charge in [-0.05, 0) is 54.2 Å². The quantitative estimate of drug-likeness (QED) is 0.511. The third kappa shape index (κ3) is 6.29. The molecule has 0 radical (unpaired) electrons. The van der Waals surface area contributed by atoms with Crippen LogP contribution in [0.4, 0.5) is 5.69 Å². The van der Waals surface area contributed by atoms with E-state index in [9.17, 15) is 9.59 Å². The summed E-state index contributed by atoms with van der Waals surface area (Å²) in [7, 11) is 3.11. The molecule has 3 rings (SSSR count). The van der Waals surface area contributed by atoms with E-state index in [4.69, 9.17) is 26.4 Å². The van der Waals surface area contributed by atoms with Crippen molar-refractivity contribution in [1.82, 2.24) is 10.2 Å². The first-order chi connectivity index (χ1) is 15.5. The lowest BCUT2D eigenvalue weighted by atomic mass is 10.1. The second-order valence-corrected chi connectivity index (χ2v) is 7.28. The highest BCUT2D eigenvalue weighted by atomic mass is 32.1. The summed E-state index contributed by atoms with van der Waals surface area (Å²) in [5.74, 6) is 0.718. The van der Waals surface area contributed by atoms with Crippen molar-refractivity contribution in [2.75, 3.05) is 45.8 Å². The molecule has 2 aromatic rings. The number of amides is 2. The molecule has 9 heteroatoms. The summed E-state index contributed by atoms with van der Waals surface area (Å²) in [4.78, 5) is 26.6. The van der Waals surface area contributed by atoms with Crippen molar-refractivity contribution in [3.05, 3.63) is 59.7 Å². The van der Waals surface area contributed by atoms with Gasteiger partial charge < -0.3 is 24.4 Å². The Morgan fingerprint density at radius 3 is 2.53 bits per heavy atom. The predicted octanol–water partition coefficient (Wildman–Crippen LogP) is 2.70. The van der Waals surface area contributed by atoms with E-state index in [0.29, 0.717) is 49.1 Å². The van der Waals surface area contributed by atoms with Gasteiger partial charge in [0.05, 0.1) is 27.4 Å². The molecule has 2 N–H and O–H groups in total. The van der Waals surface area contributed by atoms with Crippen LogP contribution < -0.4 is 20.1 Å². The third-order valence-corrected chi connectivity index (χ3v) is 4.94. The SMILES string of the molecule is COc1ccc(/C=C/C(=O)NC(=S)Nc2cccc(C(=O)N3CCOCC3)c2)cc1OC. The number of rotatable bonds is 6. The summed E-state index contributed by atoms with van der Waals surface area (Å²) in [6, 6.07) is 12.3. The number of carbonyl (C=O) groups is 2. The molecule has 1 heterocycles. The average Bonchev–Trinajstić information content (AvgIpc) is 2.82. The van der Waals surface area contributed by atoms with Gasteiger partial charge in [0.25, 0.3) is 5.91 Å². The van der Waals surface area contributed by atoms with Gasteiger partial charge in [-0.25, -0.2) is 0 Å². The maximum atomic E-state index is 12.6. The first kappa shape index (κ1) is 23.2. The van der Waals surface area contributed by atoms with E-state index in [1.54, 1.807) is 67.7 Å². The van der Waals surface area contributed by atoms with Crippen LogP contribution in [0.25, 0.3) is 6.08 Å². The number of methoxy groups -OCH3 is 2. The van der Waals surface area contributed by atoms with Gasteiger partial charge in [-0.3, -0.25) is 14.9 Å². The second kappa shape index (κ2) is 11.3. The van der Waals surface area contributed by atoms with Gasteiger partial charge >= 0.3 is 0 Å². The summed E-state index contributed by atoms with van der Waals surface area (Å²) in [5, 5.41) is 5.65. The van der Waals surface area contributed by atoms with Crippen molar-refractivity contribution < 1.29 is 23.8 Å². The van der Waals surface area contributed by atoms with E-state index < -0.39 is 5.91 Å². The lowest BCUT2D eigenvalue weighted by molar-refractivity contribution is -0.115. The molecule has 0 unspecified atom stereocenters. The maximum Gasteiger partial charge on any atom is 0.254 e. The molecule has 1 saturated heterocycles. The monoisotopic (exact) mass is 455 g/mol. The Kier molecular flexibility index (Phi) is 8.18. The Labute approximate surface area is 192 Å². The summed E-state index contributed by atoms with van der Waals surface area (Å²) in [6.45, 7) is 2.21. The number of nitrogens with one attached hydrogen (secondary N) is 2. The van der Waals surface area contributed by atoms with Gasteiger partial charge in [-0.1, -0.05) is 12.1 Å². The van der Waals surface area contributed by atoms with E-state index in [1.165, 1.54) is 6.08 Å². The molecule has 32 heavy (non-hydrogen) atoms. The van der Waals surface area contributed by atoms with Crippen molar-refractivity contribution >= 4 is 40.9 Å². The first-order valence-electron chi connectivity index (χ1n) is 9.99. The van der Waals surface area contributed by atoms with Crippen molar-refractivity contribution in [3.8, 4) is 11.5 Å². The predicted molar refractivity (Wildman–Crippen MR) is 126 cm³/mol. The minimum atomic E-state index is -0.391. The average molecular weight is 456 g/mol. The van der Waals surface area contributed by atoms with Gasteiger partial charge in [-0.15, -0.1) is 0 Å². The van der Waals surface area contributed by atoms with Crippen LogP contribution in [0.15, 0.2) is 48.5 Å². The summed E-state index contributed by atoms with van der Waals surface area (Å²) in [5.41, 5.74) is 1.92. The number of nitrogens with zero attached hydrogens (tertiary/aromatic N) is 1. The maximum absolute atomic E-state index is 12.6. The molecule has 8 nitrogen and oxygen atoms in total. The van der Waals surface area contributed by atoms with Gasteiger partial charge in [0.2, 0.25) is 5.91 Å². The molecule has 1 fully saturated rings. The number of benzene rings is 2. The number of morpholine rings is 1. The van der Waals surface area contributed by atoms with Crippen molar-refractivity contribution in [2.24, 2.45) is 0 Å². The molecule has 0 saturated carbocycles. The van der Waals surface area contributed by atoms with Crippen LogP contribution in [0, 0.1) is 0 Å². The number of thiocarbonyl (C=S) groups is 1. The van der Waals surface area contributed by atoms with E-state index >= 15 is 0 Å². The summed E-state index contributed by atoms with van der Waals surface area (Å²) < 4.78 is 15.7. The minimum Gasteiger partial charge on any atom is -0.493 e. The van der Waals surface area contributed by atoms with Crippen molar-refractivity contribution in [2.45, 2.75) is 0 Å². The molecule has 1 aliphatic heterocycles. The zero-order chi connectivity index (χ0) is 22.9. The highest BCUT2D eigenvalue weighted by molar-refractivity contribution is 7.80. The van der Waals surface area contributed by atoms with Crippen LogP contribution in [0.3, 0.4) is 0 Å². The van der Waals surface area contributed by atoms with Crippen LogP contribution in [0.1, 0.15) is 15.9 Å². The van der Waals surface area contributed by atoms with Gasteiger partial charge in [0, 0.05) is 30.4 Å². The molecule has 0 spiro atoms. The number of ether oxygens (including phenoxy) is 3. The van der Waals surface area contributed by atoms with Crippen LogP contribution >= 0.6 is 12.2 Å². The Morgan fingerprint density at radius 1 is 1.06 bits per heavy atom. The Hall–Kier alpha value is -3.43. The molecule has 2 aromatic carbocycles. The Bertz CT molecular complexity index is 1020. The molecule has 2 amide bonds. The fourth-order valence-electron chi connectivity index (χ4n) is 3.12. The van der Waals surface area contributed by atoms with E-state index in [0.717, 1.165) is 5.56 Å². The van der Waals surface area contributed by atoms with Crippen molar-refractivity contribution in [1.29, 1.82) is 0 Å². The van der Waals surface area contributed by atoms with Crippen LogP contribution in [0.5, 0.6) is 11.5 Å². The van der Waals surface area contributed by atoms with E-state index in [1.807, 2.05) is 0 Å². The van der Waals surface area contributed by atoms with Gasteiger partial charge in [0.1, 0.15) is 0 Å². The molecule has 1 aliphatic rings. The third-order valence-electron chi connectivity index (χ3n) is 4.74. The zero-order valence-electron chi connectivity index (χ0n) is 17.9. The number of carbonyl (C=O) groups excluding carboxylic acids is 2. The Balaban J connectivity index is 1.56. The van der Waals surface area contributed by atoms with Crippen molar-refractivity contribution in [3.63, 3.8) is 0 Å². The lowest BCUT2D eigenvalue weighted by Crippen LogP contribution is -2.40. The topological polar surface area (TPSA) is 89.1 Å². The lowest BCUT2D eigenvalue weighted by Gasteiger charge is -2.27. The largest absolute Gasteiger partial charge is 0.493 e. The zero-order valence-corrected chi connectivity index (χ0v) is 18.7. The summed E-state index contributed by atoms with van der Waals surface area (Å²) in [6.07, 6.45) is 3.01. The van der Waals surface area contributed by atoms with Crippen LogP contribution in [-0.4, -0.2) is 62.3 Å². The molecular weight excluding hydrogens is 430 g/mol. The molecule has 0 atom stereocenters. The molecule has 168 valence electrons. The molecule has 0 bridgehead atoms. The first-order valence-corrected chi connectivity index (χ1v) is 10.4. The van der Waals surface area contributed by atoms with E-state index in [-0.39, 0.29) is 11.0 Å². The number of hydrogen-bond acceptors (Lipinski definition) is 6. The van der Waals surface area contributed by atoms with Gasteiger partial charge in [0.15, 0.2) is 16.6 Å². The van der Waals surface area contributed by atoms with Gasteiger partial charge in [-0.2, -0.15) is 0 Å². The second-order valence-electron chi connectivity index (χ2n) is 6.88. The van der Waals surface area contributed by atoms with Crippen LogP contribution in [-0.2, 0) is 9.53 Å². The highest BCUT2D eigenvalue weighted by Crippen LogP contribution is 2.27. The smallest absolute Gasteiger partial charge is 0.254 e.